The van der Waals surface area contributed by atoms with Crippen LogP contribution in [0.15, 0.2) is 97.2 Å². The molecule has 1 fully saturated rings. The molecule has 6 N–H and O–H groups in total. The maximum Gasteiger partial charge on any atom is 0.306 e. The number of ether oxygens (including phenoxy) is 3. The minimum atomic E-state index is -1.62. The summed E-state index contributed by atoms with van der Waals surface area (Å²) in [6.45, 7) is 5.64. The van der Waals surface area contributed by atoms with Crippen molar-refractivity contribution < 1.29 is 49.3 Å². The van der Waals surface area contributed by atoms with Gasteiger partial charge in [0, 0.05) is 6.42 Å². The Morgan fingerprint density at radius 1 is 0.500 bits per heavy atom. The Hall–Kier alpha value is -3.42. The first-order chi connectivity index (χ1) is 40.2. The van der Waals surface area contributed by atoms with Gasteiger partial charge in [-0.2, -0.15) is 0 Å². The summed E-state index contributed by atoms with van der Waals surface area (Å²) in [5.41, 5.74) is 0. The minimum Gasteiger partial charge on any atom is -0.454 e. The van der Waals surface area contributed by atoms with Crippen molar-refractivity contribution >= 4 is 11.9 Å². The topological polar surface area (TPSA) is 175 Å². The molecule has 11 heteroatoms. The number of amides is 1. The zero-order valence-corrected chi connectivity index (χ0v) is 52.3. The standard InChI is InChI=1S/C71H123NO10/c1-4-7-10-13-16-19-22-25-27-28-29-30-31-32-33-34-35-36-37-39-40-43-46-49-52-55-58-64(75)70(79)72-62(63(74)57-54-51-48-45-42-24-21-18-15-12-9-6-3)61-80-71-69(68(78)67(77)65(60-73)81-71)82-66(76)59-56-53-50-47-44-41-38-26-23-20-17-14-11-8-5-2/h7,10,16-17,19-20,23,25-27,29-30,32-33,54,57,62-65,67-69,71,73-75,77-78H,4-6,8-9,11-15,18,21-22,24,28,31,34-53,55-56,58-61H2,1-3H3,(H,72,79)/b10-7-,19-16-,20-17+,26-23+,27-25-,30-29-,33-32-,57-54+. The first kappa shape index (κ1) is 76.6. The van der Waals surface area contributed by atoms with E-state index in [1.54, 1.807) is 6.08 Å². The van der Waals surface area contributed by atoms with E-state index in [-0.39, 0.29) is 19.4 Å². The summed E-state index contributed by atoms with van der Waals surface area (Å²) in [5.74, 6) is -1.21. The molecule has 11 nitrogen and oxygen atoms in total. The molecule has 8 atom stereocenters. The number of hydrogen-bond donors (Lipinski definition) is 6. The van der Waals surface area contributed by atoms with Crippen LogP contribution in [-0.2, 0) is 23.8 Å². The van der Waals surface area contributed by atoms with Gasteiger partial charge in [0.15, 0.2) is 12.4 Å². The highest BCUT2D eigenvalue weighted by atomic mass is 16.7. The van der Waals surface area contributed by atoms with Crippen LogP contribution in [0.2, 0.25) is 0 Å². The molecule has 0 aromatic carbocycles. The Labute approximate surface area is 501 Å². The van der Waals surface area contributed by atoms with E-state index in [9.17, 15) is 35.1 Å². The predicted molar refractivity (Wildman–Crippen MR) is 342 cm³/mol. The second-order valence-electron chi connectivity index (χ2n) is 22.8. The van der Waals surface area contributed by atoms with Crippen molar-refractivity contribution in [1.29, 1.82) is 0 Å². The number of aliphatic hydroxyl groups is 5. The van der Waals surface area contributed by atoms with E-state index < -0.39 is 67.4 Å². The number of unbranched alkanes of at least 4 members (excludes halogenated alkanes) is 29. The highest BCUT2D eigenvalue weighted by molar-refractivity contribution is 5.80. The van der Waals surface area contributed by atoms with Gasteiger partial charge in [0.1, 0.15) is 24.4 Å². The van der Waals surface area contributed by atoms with Crippen molar-refractivity contribution in [3.8, 4) is 0 Å². The second-order valence-corrected chi connectivity index (χ2v) is 22.8. The molecule has 1 aliphatic heterocycles. The quantitative estimate of drug-likeness (QED) is 0.0149. The van der Waals surface area contributed by atoms with Gasteiger partial charge in [0.2, 0.25) is 5.91 Å². The maximum atomic E-state index is 13.5. The molecule has 1 aliphatic rings. The van der Waals surface area contributed by atoms with E-state index >= 15 is 0 Å². The van der Waals surface area contributed by atoms with Gasteiger partial charge < -0.3 is 45.1 Å². The van der Waals surface area contributed by atoms with E-state index in [1.165, 1.54) is 109 Å². The Kier molecular flexibility index (Phi) is 54.2. The van der Waals surface area contributed by atoms with Gasteiger partial charge in [-0.05, 0) is 96.3 Å². The Morgan fingerprint density at radius 2 is 0.915 bits per heavy atom. The molecule has 0 aromatic rings. The molecule has 0 radical (unpaired) electrons. The van der Waals surface area contributed by atoms with Crippen molar-refractivity contribution in [3.05, 3.63) is 97.2 Å². The van der Waals surface area contributed by atoms with E-state index in [1.807, 2.05) is 6.08 Å². The lowest BCUT2D eigenvalue weighted by atomic mass is 9.99. The lowest BCUT2D eigenvalue weighted by Crippen LogP contribution is -2.61. The molecule has 1 heterocycles. The molecule has 0 aliphatic carbocycles. The van der Waals surface area contributed by atoms with Crippen molar-refractivity contribution in [3.63, 3.8) is 0 Å². The van der Waals surface area contributed by atoms with Crippen molar-refractivity contribution in [2.45, 2.75) is 327 Å². The SMILES string of the molecule is CC/C=C\C/C=C\C/C=C\C/C=C\C/C=C\CCCCCCCCCCCCC(O)C(=O)NC(COC1OC(CO)C(O)C(O)C1OC(=O)CCCCCCCC/C=C/C=C/CCCCC)C(O)/C=C/CCCCCCCCCCCC. The van der Waals surface area contributed by atoms with Crippen LogP contribution < -0.4 is 5.32 Å². The third-order valence-electron chi connectivity index (χ3n) is 15.2. The number of carbonyl (C=O) groups is 2. The molecule has 1 saturated heterocycles. The summed E-state index contributed by atoms with van der Waals surface area (Å²) >= 11 is 0. The minimum absolute atomic E-state index is 0.107. The highest BCUT2D eigenvalue weighted by Crippen LogP contribution is 2.26. The molecule has 0 saturated carbocycles. The molecule has 1 rings (SSSR count). The van der Waals surface area contributed by atoms with Gasteiger partial charge in [-0.15, -0.1) is 0 Å². The van der Waals surface area contributed by atoms with Crippen LogP contribution in [-0.4, -0.2) is 99.6 Å². The summed E-state index contributed by atoms with van der Waals surface area (Å²) in [5, 5.41) is 57.1. The number of nitrogens with one attached hydrogen (secondary N) is 1. The lowest BCUT2D eigenvalue weighted by Gasteiger charge is -2.41. The average Bonchev–Trinajstić information content (AvgIpc) is 3.68. The number of carbonyl (C=O) groups excluding carboxylic acids is 2. The van der Waals surface area contributed by atoms with Crippen LogP contribution >= 0.6 is 0 Å². The van der Waals surface area contributed by atoms with Gasteiger partial charge in [0.05, 0.1) is 25.4 Å². The van der Waals surface area contributed by atoms with Gasteiger partial charge in [-0.25, -0.2) is 0 Å². The molecule has 472 valence electrons. The molecular weight excluding hydrogens is 1030 g/mol. The fraction of sp³-hybridized carbons (Fsp3) is 0.746. The van der Waals surface area contributed by atoms with Crippen LogP contribution in [0.1, 0.15) is 278 Å². The monoisotopic (exact) mass is 1150 g/mol. The molecule has 8 unspecified atom stereocenters. The van der Waals surface area contributed by atoms with Crippen LogP contribution in [0.4, 0.5) is 0 Å². The maximum absolute atomic E-state index is 13.5. The summed E-state index contributed by atoms with van der Waals surface area (Å²) in [4.78, 5) is 26.6. The van der Waals surface area contributed by atoms with E-state index in [4.69, 9.17) is 14.2 Å². The molecule has 82 heavy (non-hydrogen) atoms. The predicted octanol–water partition coefficient (Wildman–Crippen LogP) is 16.7. The highest BCUT2D eigenvalue weighted by Gasteiger charge is 2.47. The summed E-state index contributed by atoms with van der Waals surface area (Å²) in [7, 11) is 0. The van der Waals surface area contributed by atoms with Crippen LogP contribution in [0.25, 0.3) is 0 Å². The van der Waals surface area contributed by atoms with Crippen LogP contribution in [0.5, 0.6) is 0 Å². The van der Waals surface area contributed by atoms with Gasteiger partial charge in [-0.3, -0.25) is 9.59 Å². The second kappa shape index (κ2) is 58.0. The van der Waals surface area contributed by atoms with Gasteiger partial charge >= 0.3 is 5.97 Å². The van der Waals surface area contributed by atoms with Gasteiger partial charge in [-0.1, -0.05) is 272 Å². The fourth-order valence-corrected chi connectivity index (χ4v) is 9.96. The van der Waals surface area contributed by atoms with Crippen molar-refractivity contribution in [2.75, 3.05) is 13.2 Å². The number of allylic oxidation sites excluding steroid dienone is 15. The summed E-state index contributed by atoms with van der Waals surface area (Å²) < 4.78 is 17.6. The third kappa shape index (κ3) is 45.0. The van der Waals surface area contributed by atoms with Crippen molar-refractivity contribution in [1.82, 2.24) is 5.32 Å². The smallest absolute Gasteiger partial charge is 0.306 e. The lowest BCUT2D eigenvalue weighted by molar-refractivity contribution is -0.305. The normalized spacial score (nSPS) is 19.2. The molecular formula is C71H123NO10. The van der Waals surface area contributed by atoms with Crippen LogP contribution in [0, 0.1) is 0 Å². The molecule has 0 aromatic heterocycles. The van der Waals surface area contributed by atoms with E-state index in [0.717, 1.165) is 122 Å². The molecule has 0 bridgehead atoms. The Bertz CT molecular complexity index is 1700. The Morgan fingerprint density at radius 3 is 1.41 bits per heavy atom. The zero-order chi connectivity index (χ0) is 59.6. The zero-order valence-electron chi connectivity index (χ0n) is 52.3. The fourth-order valence-electron chi connectivity index (χ4n) is 9.96. The molecule has 1 amide bonds. The number of rotatable bonds is 56. The first-order valence-corrected chi connectivity index (χ1v) is 33.5. The van der Waals surface area contributed by atoms with E-state index in [2.05, 4.69) is 111 Å². The first-order valence-electron chi connectivity index (χ1n) is 33.5. The number of esters is 1. The number of aliphatic hydroxyl groups excluding tert-OH is 5. The Balaban J connectivity index is 2.60. The molecule has 0 spiro atoms. The van der Waals surface area contributed by atoms with E-state index in [0.29, 0.717) is 12.8 Å². The third-order valence-corrected chi connectivity index (χ3v) is 15.2. The van der Waals surface area contributed by atoms with Crippen LogP contribution in [0.3, 0.4) is 0 Å². The summed E-state index contributed by atoms with van der Waals surface area (Å²) in [6, 6.07) is -1.03. The van der Waals surface area contributed by atoms with Crippen molar-refractivity contribution in [2.24, 2.45) is 0 Å². The summed E-state index contributed by atoms with van der Waals surface area (Å²) in [6.07, 6.45) is 67.3. The number of hydrogen-bond acceptors (Lipinski definition) is 10. The van der Waals surface area contributed by atoms with Gasteiger partial charge in [0.25, 0.3) is 0 Å². The average molecular weight is 1150 g/mol. The largest absolute Gasteiger partial charge is 0.454 e.